The van der Waals surface area contributed by atoms with E-state index in [0.717, 1.165) is 15.6 Å². The summed E-state index contributed by atoms with van der Waals surface area (Å²) in [6.45, 7) is 2.44. The fraction of sp³-hybridized carbons (Fsp3) is 0.0952. The Morgan fingerprint density at radius 2 is 1.97 bits per heavy atom. The summed E-state index contributed by atoms with van der Waals surface area (Å²) in [6, 6.07) is 17.7. The highest BCUT2D eigenvalue weighted by molar-refractivity contribution is 9.10. The zero-order chi connectivity index (χ0) is 20.8. The maximum Gasteiger partial charge on any atom is 0.269 e. The topological polar surface area (TPSA) is 76.8 Å². The number of nitrogens with one attached hydrogen (secondary N) is 1. The number of halogens is 2. The number of hydrazone groups is 1. The number of hydrogen-bond acceptors (Lipinski definition) is 5. The van der Waals surface area contributed by atoms with E-state index >= 15 is 0 Å². The Morgan fingerprint density at radius 1 is 1.21 bits per heavy atom. The normalized spacial score (nSPS) is 10.9. The van der Waals surface area contributed by atoms with E-state index in [1.807, 2.05) is 31.2 Å². The number of anilines is 1. The predicted octanol–water partition coefficient (Wildman–Crippen LogP) is 6.34. The van der Waals surface area contributed by atoms with Crippen molar-refractivity contribution in [3.63, 3.8) is 0 Å². The van der Waals surface area contributed by atoms with Crippen LogP contribution in [0, 0.1) is 17.0 Å². The lowest BCUT2D eigenvalue weighted by Crippen LogP contribution is -1.98. The molecular formula is C21H17BrClN3O3. The number of benzene rings is 3. The van der Waals surface area contributed by atoms with Gasteiger partial charge in [-0.3, -0.25) is 15.5 Å². The maximum atomic E-state index is 10.7. The molecule has 29 heavy (non-hydrogen) atoms. The van der Waals surface area contributed by atoms with E-state index in [9.17, 15) is 10.1 Å². The molecule has 3 aromatic carbocycles. The number of nitrogens with zero attached hydrogens (tertiary/aromatic N) is 2. The van der Waals surface area contributed by atoms with E-state index in [-0.39, 0.29) is 5.69 Å². The fourth-order valence-corrected chi connectivity index (χ4v) is 3.58. The number of non-ortho nitro benzene ring substituents is 1. The summed E-state index contributed by atoms with van der Waals surface area (Å²) in [6.07, 6.45) is 1.60. The van der Waals surface area contributed by atoms with Gasteiger partial charge in [0.2, 0.25) is 0 Å². The fourth-order valence-electron chi connectivity index (χ4n) is 2.59. The predicted molar refractivity (Wildman–Crippen MR) is 119 cm³/mol. The molecule has 0 amide bonds. The molecule has 0 aromatic heterocycles. The Kier molecular flexibility index (Phi) is 6.85. The van der Waals surface area contributed by atoms with Crippen LogP contribution in [0.4, 0.5) is 11.4 Å². The lowest BCUT2D eigenvalue weighted by molar-refractivity contribution is -0.384. The zero-order valence-electron chi connectivity index (χ0n) is 15.4. The van der Waals surface area contributed by atoms with Crippen molar-refractivity contribution < 1.29 is 9.66 Å². The SMILES string of the molecule is Cc1cccc(COc2c(Cl)cc(/C=N/Nc3ccc([N+](=O)[O-])cc3)cc2Br)c1. The van der Waals surface area contributed by atoms with Crippen LogP contribution < -0.4 is 10.2 Å². The summed E-state index contributed by atoms with van der Waals surface area (Å²) in [5.74, 6) is 0.564. The minimum atomic E-state index is -0.449. The molecule has 0 radical (unpaired) electrons. The molecule has 0 spiro atoms. The average Bonchev–Trinajstić information content (AvgIpc) is 2.68. The Morgan fingerprint density at radius 3 is 2.62 bits per heavy atom. The smallest absolute Gasteiger partial charge is 0.269 e. The molecule has 0 aliphatic heterocycles. The van der Waals surface area contributed by atoms with Crippen LogP contribution in [0.15, 0.2) is 70.2 Å². The van der Waals surface area contributed by atoms with Crippen molar-refractivity contribution in [3.05, 3.63) is 97.0 Å². The van der Waals surface area contributed by atoms with Crippen LogP contribution in [0.3, 0.4) is 0 Å². The van der Waals surface area contributed by atoms with Crippen molar-refractivity contribution >= 4 is 45.1 Å². The molecule has 6 nitrogen and oxygen atoms in total. The Hall–Kier alpha value is -2.90. The molecule has 0 aliphatic rings. The minimum absolute atomic E-state index is 0.0245. The molecule has 0 saturated carbocycles. The van der Waals surface area contributed by atoms with E-state index in [1.165, 1.54) is 17.7 Å². The molecular weight excluding hydrogens is 458 g/mol. The number of rotatable bonds is 7. The van der Waals surface area contributed by atoms with E-state index in [2.05, 4.69) is 32.5 Å². The highest BCUT2D eigenvalue weighted by Crippen LogP contribution is 2.34. The second kappa shape index (κ2) is 9.54. The van der Waals surface area contributed by atoms with Gasteiger partial charge in [-0.05, 0) is 58.2 Å². The summed E-state index contributed by atoms with van der Waals surface area (Å²) < 4.78 is 6.59. The third-order valence-electron chi connectivity index (χ3n) is 3.97. The number of ether oxygens (including phenoxy) is 1. The quantitative estimate of drug-likeness (QED) is 0.246. The van der Waals surface area contributed by atoms with Gasteiger partial charge in [0.1, 0.15) is 6.61 Å². The van der Waals surface area contributed by atoms with Gasteiger partial charge in [0.15, 0.2) is 5.75 Å². The first-order valence-corrected chi connectivity index (χ1v) is 9.80. The summed E-state index contributed by atoms with van der Waals surface area (Å²) in [4.78, 5) is 10.2. The van der Waals surface area contributed by atoms with Gasteiger partial charge in [0.05, 0.1) is 26.3 Å². The van der Waals surface area contributed by atoms with Crippen molar-refractivity contribution in [2.24, 2.45) is 5.10 Å². The summed E-state index contributed by atoms with van der Waals surface area (Å²) in [7, 11) is 0. The van der Waals surface area contributed by atoms with Gasteiger partial charge >= 0.3 is 0 Å². The highest BCUT2D eigenvalue weighted by Gasteiger charge is 2.09. The second-order valence-electron chi connectivity index (χ2n) is 6.27. The Labute approximate surface area is 181 Å². The maximum absolute atomic E-state index is 10.7. The van der Waals surface area contributed by atoms with E-state index in [4.69, 9.17) is 16.3 Å². The van der Waals surface area contributed by atoms with Gasteiger partial charge in [-0.25, -0.2) is 0 Å². The molecule has 0 atom stereocenters. The van der Waals surface area contributed by atoms with Gasteiger partial charge in [-0.15, -0.1) is 0 Å². The van der Waals surface area contributed by atoms with E-state index < -0.39 is 4.92 Å². The molecule has 1 N–H and O–H groups in total. The largest absolute Gasteiger partial charge is 0.486 e. The lowest BCUT2D eigenvalue weighted by atomic mass is 10.1. The van der Waals surface area contributed by atoms with Crippen molar-refractivity contribution in [1.29, 1.82) is 0 Å². The molecule has 0 aliphatic carbocycles. The van der Waals surface area contributed by atoms with Gasteiger partial charge in [-0.2, -0.15) is 5.10 Å². The first-order valence-electron chi connectivity index (χ1n) is 8.63. The van der Waals surface area contributed by atoms with Crippen LogP contribution in [-0.2, 0) is 6.61 Å². The van der Waals surface area contributed by atoms with Crippen molar-refractivity contribution in [1.82, 2.24) is 0 Å². The van der Waals surface area contributed by atoms with Gasteiger partial charge < -0.3 is 4.74 Å². The van der Waals surface area contributed by atoms with Crippen LogP contribution in [0.1, 0.15) is 16.7 Å². The number of aryl methyl sites for hydroxylation is 1. The number of nitro groups is 1. The van der Waals surface area contributed by atoms with E-state index in [0.29, 0.717) is 23.1 Å². The Bertz CT molecular complexity index is 1030. The van der Waals surface area contributed by atoms with Crippen molar-refractivity contribution in [3.8, 4) is 5.75 Å². The molecule has 3 rings (SSSR count). The summed E-state index contributed by atoms with van der Waals surface area (Å²) in [5.41, 5.74) is 6.47. The monoisotopic (exact) mass is 473 g/mol. The number of hydrogen-bond donors (Lipinski definition) is 1. The molecule has 8 heteroatoms. The average molecular weight is 475 g/mol. The summed E-state index contributed by atoms with van der Waals surface area (Å²) in [5, 5.41) is 15.3. The highest BCUT2D eigenvalue weighted by atomic mass is 79.9. The molecule has 0 bridgehead atoms. The van der Waals surface area contributed by atoms with Crippen molar-refractivity contribution in [2.75, 3.05) is 5.43 Å². The first-order chi connectivity index (χ1) is 13.9. The molecule has 0 saturated heterocycles. The number of nitro benzene ring substituents is 1. The molecule has 3 aromatic rings. The lowest BCUT2D eigenvalue weighted by Gasteiger charge is -2.11. The molecule has 0 fully saturated rings. The van der Waals surface area contributed by atoms with Gasteiger partial charge in [0, 0.05) is 12.1 Å². The standard InChI is InChI=1S/C21H17BrClN3O3/c1-14-3-2-4-15(9-14)13-29-21-19(22)10-16(11-20(21)23)12-24-25-17-5-7-18(8-6-17)26(27)28/h2-12,25H,13H2,1H3/b24-12+. The van der Waals surface area contributed by atoms with Crippen LogP contribution in [0.5, 0.6) is 5.75 Å². The summed E-state index contributed by atoms with van der Waals surface area (Å²) >= 11 is 9.86. The van der Waals surface area contributed by atoms with Gasteiger partial charge in [-0.1, -0.05) is 41.4 Å². The van der Waals surface area contributed by atoms with E-state index in [1.54, 1.807) is 24.4 Å². The first kappa shape index (κ1) is 20.8. The van der Waals surface area contributed by atoms with Crippen LogP contribution in [0.2, 0.25) is 5.02 Å². The van der Waals surface area contributed by atoms with Crippen molar-refractivity contribution in [2.45, 2.75) is 13.5 Å². The third-order valence-corrected chi connectivity index (χ3v) is 4.84. The van der Waals surface area contributed by atoms with Gasteiger partial charge in [0.25, 0.3) is 5.69 Å². The van der Waals surface area contributed by atoms with Crippen LogP contribution >= 0.6 is 27.5 Å². The molecule has 0 unspecified atom stereocenters. The molecule has 148 valence electrons. The third kappa shape index (κ3) is 5.79. The van der Waals surface area contributed by atoms with Crippen LogP contribution in [-0.4, -0.2) is 11.1 Å². The Balaban J connectivity index is 1.65. The minimum Gasteiger partial charge on any atom is -0.486 e. The second-order valence-corrected chi connectivity index (χ2v) is 7.53. The molecule has 0 heterocycles. The zero-order valence-corrected chi connectivity index (χ0v) is 17.8. The van der Waals surface area contributed by atoms with Crippen LogP contribution in [0.25, 0.3) is 0 Å².